The van der Waals surface area contributed by atoms with E-state index in [0.29, 0.717) is 12.7 Å². The minimum Gasteiger partial charge on any atom is -0.492 e. The second-order valence-electron chi connectivity index (χ2n) is 8.35. The van der Waals surface area contributed by atoms with Gasteiger partial charge in [0.15, 0.2) is 0 Å². The molecule has 7 nitrogen and oxygen atoms in total. The van der Waals surface area contributed by atoms with Gasteiger partial charge < -0.3 is 14.0 Å². The molecule has 7 heteroatoms. The maximum Gasteiger partial charge on any atom is 0.337 e. The predicted molar refractivity (Wildman–Crippen MR) is 127 cm³/mol. The van der Waals surface area contributed by atoms with Crippen molar-refractivity contribution < 1.29 is 9.47 Å². The van der Waals surface area contributed by atoms with E-state index in [0.717, 1.165) is 48.1 Å². The van der Waals surface area contributed by atoms with E-state index in [4.69, 9.17) is 9.47 Å². The molecule has 0 atom stereocenters. The van der Waals surface area contributed by atoms with Crippen LogP contribution in [0.25, 0.3) is 11.4 Å². The summed E-state index contributed by atoms with van der Waals surface area (Å²) in [6, 6.07) is 15.3. The van der Waals surface area contributed by atoms with Gasteiger partial charge in [-0.05, 0) is 81.1 Å². The average Bonchev–Trinajstić information content (AvgIpc) is 3.58. The summed E-state index contributed by atoms with van der Waals surface area (Å²) in [5.41, 5.74) is 1.48. The van der Waals surface area contributed by atoms with Crippen LogP contribution in [0.1, 0.15) is 31.5 Å². The van der Waals surface area contributed by atoms with Gasteiger partial charge in [-0.1, -0.05) is 0 Å². The summed E-state index contributed by atoms with van der Waals surface area (Å²) in [4.78, 5) is 17.2. The summed E-state index contributed by atoms with van der Waals surface area (Å²) in [7, 11) is 0. The van der Waals surface area contributed by atoms with Crippen LogP contribution in [0.3, 0.4) is 0 Å². The van der Waals surface area contributed by atoms with Crippen LogP contribution in [0.15, 0.2) is 78.1 Å². The first kappa shape index (κ1) is 21.1. The summed E-state index contributed by atoms with van der Waals surface area (Å²) in [6.07, 6.45) is 12.3. The normalized spacial score (nSPS) is 14.0. The number of aromatic nitrogens is 4. The molecule has 170 valence electrons. The van der Waals surface area contributed by atoms with Crippen LogP contribution in [-0.2, 0) is 6.54 Å². The highest BCUT2D eigenvalue weighted by atomic mass is 16.5. The van der Waals surface area contributed by atoms with Crippen LogP contribution < -0.4 is 15.2 Å². The average molecular weight is 445 g/mol. The zero-order chi connectivity index (χ0) is 22.6. The molecule has 1 fully saturated rings. The Balaban J connectivity index is 1.24. The van der Waals surface area contributed by atoms with Crippen molar-refractivity contribution in [2.24, 2.45) is 0 Å². The van der Waals surface area contributed by atoms with Gasteiger partial charge in [-0.15, -0.1) is 0 Å². The lowest BCUT2D eigenvalue weighted by molar-refractivity contribution is 0.210. The highest BCUT2D eigenvalue weighted by Crippen LogP contribution is 2.24. The molecule has 0 spiro atoms. The zero-order valence-electron chi connectivity index (χ0n) is 18.8. The van der Waals surface area contributed by atoms with E-state index in [1.54, 1.807) is 27.7 Å². The van der Waals surface area contributed by atoms with E-state index in [1.807, 2.05) is 66.2 Å². The Morgan fingerprint density at radius 2 is 1.48 bits per heavy atom. The highest BCUT2D eigenvalue weighted by molar-refractivity contribution is 5.40. The summed E-state index contributed by atoms with van der Waals surface area (Å²) in [5.74, 6) is 2.59. The lowest BCUT2D eigenvalue weighted by Crippen LogP contribution is -2.21. The molecule has 0 N–H and O–H groups in total. The van der Waals surface area contributed by atoms with E-state index in [2.05, 4.69) is 4.98 Å². The van der Waals surface area contributed by atoms with Gasteiger partial charge in [-0.3, -0.25) is 9.13 Å². The molecule has 33 heavy (non-hydrogen) atoms. The summed E-state index contributed by atoms with van der Waals surface area (Å²) in [6.45, 7) is 3.25. The van der Waals surface area contributed by atoms with Gasteiger partial charge in [-0.2, -0.15) is 0 Å². The van der Waals surface area contributed by atoms with E-state index in [1.165, 1.54) is 12.8 Å². The van der Waals surface area contributed by atoms with Crippen LogP contribution in [0, 0.1) is 6.92 Å². The Morgan fingerprint density at radius 3 is 2.06 bits per heavy atom. The molecule has 0 aliphatic heterocycles. The molecule has 0 amide bonds. The molecule has 0 saturated heterocycles. The van der Waals surface area contributed by atoms with Crippen molar-refractivity contribution in [2.75, 3.05) is 6.61 Å². The van der Waals surface area contributed by atoms with Crippen molar-refractivity contribution in [3.05, 3.63) is 89.6 Å². The molecular formula is C26H28N4O3. The van der Waals surface area contributed by atoms with Crippen molar-refractivity contribution >= 4 is 0 Å². The third-order valence-corrected chi connectivity index (χ3v) is 6.14. The second-order valence-corrected chi connectivity index (χ2v) is 8.35. The number of hydrogen-bond donors (Lipinski definition) is 0. The molecule has 2 aromatic carbocycles. The standard InChI is InChI=1S/C26H28N4O3/c1-20-27-14-15-28(20)18-19-32-23-10-6-21(7-11-23)29-16-17-30(26(29)31)22-8-12-25(13-9-22)33-24-4-2-3-5-24/h6-17,24H,2-5,18-19H2,1H3. The van der Waals surface area contributed by atoms with E-state index >= 15 is 0 Å². The maximum absolute atomic E-state index is 13.0. The molecule has 2 aromatic heterocycles. The molecular weight excluding hydrogens is 416 g/mol. The number of hydrogen-bond acceptors (Lipinski definition) is 4. The summed E-state index contributed by atoms with van der Waals surface area (Å²) in [5, 5.41) is 0. The Hall–Kier alpha value is -3.74. The van der Waals surface area contributed by atoms with Gasteiger partial charge in [0, 0.05) is 24.8 Å². The predicted octanol–water partition coefficient (Wildman–Crippen LogP) is 4.53. The van der Waals surface area contributed by atoms with E-state index in [-0.39, 0.29) is 5.69 Å². The number of aryl methyl sites for hydroxylation is 1. The molecule has 2 heterocycles. The SMILES string of the molecule is Cc1nccn1CCOc1ccc(-n2ccn(-c3ccc(OC4CCCC4)cc3)c2=O)cc1. The largest absolute Gasteiger partial charge is 0.492 e. The molecule has 0 radical (unpaired) electrons. The molecule has 1 aliphatic rings. The van der Waals surface area contributed by atoms with Crippen LogP contribution in [0.5, 0.6) is 11.5 Å². The second kappa shape index (κ2) is 9.40. The third-order valence-electron chi connectivity index (χ3n) is 6.14. The first-order chi connectivity index (χ1) is 16.2. The van der Waals surface area contributed by atoms with Gasteiger partial charge in [0.2, 0.25) is 0 Å². The molecule has 0 unspecified atom stereocenters. The summed E-state index contributed by atoms with van der Waals surface area (Å²) < 4.78 is 17.2. The number of imidazole rings is 2. The topological polar surface area (TPSA) is 63.2 Å². The van der Waals surface area contributed by atoms with Gasteiger partial charge in [-0.25, -0.2) is 9.78 Å². The van der Waals surface area contributed by atoms with Crippen LogP contribution >= 0.6 is 0 Å². The van der Waals surface area contributed by atoms with Crippen molar-refractivity contribution in [1.29, 1.82) is 0 Å². The van der Waals surface area contributed by atoms with Crippen molar-refractivity contribution in [1.82, 2.24) is 18.7 Å². The molecule has 1 saturated carbocycles. The number of rotatable bonds is 8. The Labute approximate surface area is 192 Å². The Bertz CT molecular complexity index is 1250. The lowest BCUT2D eigenvalue weighted by Gasteiger charge is -2.13. The van der Waals surface area contributed by atoms with Gasteiger partial charge in [0.05, 0.1) is 24.0 Å². The number of ether oxygens (including phenoxy) is 2. The highest BCUT2D eigenvalue weighted by Gasteiger charge is 2.16. The maximum atomic E-state index is 13.0. The fourth-order valence-corrected chi connectivity index (χ4v) is 4.26. The quantitative estimate of drug-likeness (QED) is 0.400. The third kappa shape index (κ3) is 4.72. The fourth-order valence-electron chi connectivity index (χ4n) is 4.26. The van der Waals surface area contributed by atoms with Gasteiger partial charge >= 0.3 is 5.69 Å². The van der Waals surface area contributed by atoms with Gasteiger partial charge in [0.25, 0.3) is 0 Å². The first-order valence-corrected chi connectivity index (χ1v) is 11.5. The minimum absolute atomic E-state index is 0.122. The summed E-state index contributed by atoms with van der Waals surface area (Å²) >= 11 is 0. The number of benzene rings is 2. The van der Waals surface area contributed by atoms with Gasteiger partial charge in [0.1, 0.15) is 23.9 Å². The van der Waals surface area contributed by atoms with Crippen LogP contribution in [-0.4, -0.2) is 31.4 Å². The monoisotopic (exact) mass is 444 g/mol. The van der Waals surface area contributed by atoms with Crippen LogP contribution in [0.2, 0.25) is 0 Å². The van der Waals surface area contributed by atoms with Crippen molar-refractivity contribution in [3.8, 4) is 22.9 Å². The smallest absolute Gasteiger partial charge is 0.337 e. The van der Waals surface area contributed by atoms with Crippen molar-refractivity contribution in [3.63, 3.8) is 0 Å². The Morgan fingerprint density at radius 1 is 0.879 bits per heavy atom. The zero-order valence-corrected chi connectivity index (χ0v) is 18.8. The van der Waals surface area contributed by atoms with Crippen molar-refractivity contribution in [2.45, 2.75) is 45.3 Å². The van der Waals surface area contributed by atoms with Crippen LogP contribution in [0.4, 0.5) is 0 Å². The van der Waals surface area contributed by atoms with E-state index in [9.17, 15) is 4.79 Å². The molecule has 4 aromatic rings. The Kier molecular flexibility index (Phi) is 6.02. The minimum atomic E-state index is -0.122. The lowest BCUT2D eigenvalue weighted by atomic mass is 10.2. The first-order valence-electron chi connectivity index (χ1n) is 11.5. The number of nitrogens with zero attached hydrogens (tertiary/aromatic N) is 4. The molecule has 5 rings (SSSR count). The van der Waals surface area contributed by atoms with E-state index < -0.39 is 0 Å². The molecule has 1 aliphatic carbocycles. The molecule has 0 bridgehead atoms. The fraction of sp³-hybridized carbons (Fsp3) is 0.308.